The minimum atomic E-state index is -0.929. The largest absolute Gasteiger partial charge is 0.478 e. The highest BCUT2D eigenvalue weighted by Gasteiger charge is 2.66. The van der Waals surface area contributed by atoms with Gasteiger partial charge in [0.2, 0.25) is 0 Å². The number of rotatable bonds is 3. The van der Waals surface area contributed by atoms with Crippen LogP contribution >= 0.6 is 0 Å². The average molecular weight is 582 g/mol. The Kier molecular flexibility index (Phi) is 5.92. The maximum absolute atomic E-state index is 13.6. The molecule has 2 N–H and O–H groups in total. The van der Waals surface area contributed by atoms with Gasteiger partial charge in [0.15, 0.2) is 0 Å². The number of ether oxygens (including phenoxy) is 1. The van der Waals surface area contributed by atoms with Crippen LogP contribution in [0.15, 0.2) is 42.0 Å². The number of aliphatic carboxylic acids is 1. The second kappa shape index (κ2) is 8.84. The number of carbonyl (C=O) groups excluding carboxylic acids is 1. The van der Waals surface area contributed by atoms with Crippen LogP contribution in [0.1, 0.15) is 103 Å². The monoisotopic (exact) mass is 581 g/mol. The normalized spacial score (nSPS) is 37.5. The fourth-order valence-corrected chi connectivity index (χ4v) is 10.7. The van der Waals surface area contributed by atoms with Gasteiger partial charge in [0.25, 0.3) is 0 Å². The molecule has 0 unspecified atom stereocenters. The predicted molar refractivity (Wildman–Crippen MR) is 171 cm³/mol. The van der Waals surface area contributed by atoms with E-state index in [0.29, 0.717) is 18.3 Å². The first kappa shape index (κ1) is 28.8. The van der Waals surface area contributed by atoms with Crippen LogP contribution in [0.3, 0.4) is 0 Å². The molecule has 0 spiro atoms. The summed E-state index contributed by atoms with van der Waals surface area (Å²) in [5.74, 6) is 0.455. The van der Waals surface area contributed by atoms with Gasteiger partial charge in [-0.25, -0.2) is 4.79 Å². The first-order valence-corrected chi connectivity index (χ1v) is 16.3. The third-order valence-electron chi connectivity index (χ3n) is 13.0. The molecular weight excluding hydrogens is 534 g/mol. The van der Waals surface area contributed by atoms with Gasteiger partial charge in [-0.1, -0.05) is 32.1 Å². The number of aromatic nitrogens is 1. The molecule has 43 heavy (non-hydrogen) atoms. The van der Waals surface area contributed by atoms with Crippen LogP contribution in [0.2, 0.25) is 0 Å². The first-order chi connectivity index (χ1) is 20.0. The number of benzene rings is 1. The third kappa shape index (κ3) is 3.79. The Morgan fingerprint density at radius 3 is 2.53 bits per heavy atom. The summed E-state index contributed by atoms with van der Waals surface area (Å²) >= 11 is 0. The fourth-order valence-electron chi connectivity index (χ4n) is 10.7. The number of fused-ring (bicyclic) bond motifs is 10. The first-order valence-electron chi connectivity index (χ1n) is 16.3. The summed E-state index contributed by atoms with van der Waals surface area (Å²) in [5.41, 5.74) is 7.41. The predicted octanol–water partition coefficient (Wildman–Crippen LogP) is 8.11. The molecule has 0 radical (unpaired) electrons. The minimum absolute atomic E-state index is 0.0638. The summed E-state index contributed by atoms with van der Waals surface area (Å²) in [6, 6.07) is 4.90. The lowest BCUT2D eigenvalue weighted by atomic mass is 9.41. The molecule has 4 aliphatic carbocycles. The summed E-state index contributed by atoms with van der Waals surface area (Å²) in [6.45, 7) is 17.5. The molecule has 1 aliphatic heterocycles. The van der Waals surface area contributed by atoms with Crippen molar-refractivity contribution >= 4 is 28.2 Å². The van der Waals surface area contributed by atoms with E-state index < -0.39 is 11.4 Å². The van der Waals surface area contributed by atoms with E-state index in [1.807, 2.05) is 12.2 Å². The quantitative estimate of drug-likeness (QED) is 0.283. The zero-order valence-corrected chi connectivity index (χ0v) is 27.1. The van der Waals surface area contributed by atoms with E-state index in [9.17, 15) is 14.7 Å². The van der Waals surface area contributed by atoms with Gasteiger partial charge in [0.05, 0.1) is 11.2 Å². The minimum Gasteiger partial charge on any atom is -0.478 e. The SMILES string of the molecule is C/C(=C\C=C\[C@]1(C)C(=O)CC[C@@]2(C)[C@H]1CC[C@H]1Cc3c([nH]c4cc5c(cc34)C3=CC(C)(C)OC(C)(C)[C@H]3C5)[C@@]12C)C(=O)O. The fraction of sp³-hybridized carbons (Fsp3) is 0.579. The van der Waals surface area contributed by atoms with Crippen LogP contribution in [0.25, 0.3) is 16.5 Å². The van der Waals surface area contributed by atoms with Crippen LogP contribution in [-0.2, 0) is 32.6 Å². The summed E-state index contributed by atoms with van der Waals surface area (Å²) < 4.78 is 6.53. The molecule has 2 saturated carbocycles. The van der Waals surface area contributed by atoms with Crippen molar-refractivity contribution in [2.45, 2.75) is 111 Å². The van der Waals surface area contributed by atoms with E-state index in [1.165, 1.54) is 38.9 Å². The number of carbonyl (C=O) groups is 2. The van der Waals surface area contributed by atoms with Crippen molar-refractivity contribution in [1.29, 1.82) is 0 Å². The van der Waals surface area contributed by atoms with Crippen molar-refractivity contribution in [3.8, 4) is 0 Å². The summed E-state index contributed by atoms with van der Waals surface area (Å²) in [6.07, 6.45) is 13.5. The number of hydrogen-bond acceptors (Lipinski definition) is 3. The second-order valence-electron chi connectivity index (χ2n) is 16.1. The number of nitrogens with one attached hydrogen (secondary N) is 1. The van der Waals surface area contributed by atoms with Crippen LogP contribution < -0.4 is 0 Å². The van der Waals surface area contributed by atoms with Gasteiger partial charge in [0.1, 0.15) is 5.78 Å². The Hall–Kier alpha value is -2.92. The van der Waals surface area contributed by atoms with E-state index in [4.69, 9.17) is 4.74 Å². The smallest absolute Gasteiger partial charge is 0.331 e. The van der Waals surface area contributed by atoms with Crippen molar-refractivity contribution in [2.24, 2.45) is 28.6 Å². The molecule has 7 rings (SSSR count). The van der Waals surface area contributed by atoms with Gasteiger partial charge in [-0.05, 0) is 131 Å². The molecule has 5 nitrogen and oxygen atoms in total. The van der Waals surface area contributed by atoms with Gasteiger partial charge in [-0.15, -0.1) is 0 Å². The Labute approximate surface area is 255 Å². The zero-order valence-electron chi connectivity index (χ0n) is 27.1. The number of aromatic amines is 1. The molecule has 5 aliphatic rings. The highest BCUT2D eigenvalue weighted by atomic mass is 16.5. The van der Waals surface area contributed by atoms with Gasteiger partial charge < -0.3 is 14.8 Å². The number of carboxylic acid groups (broad SMARTS) is 1. The molecule has 2 fully saturated rings. The van der Waals surface area contributed by atoms with Crippen LogP contribution in [0.4, 0.5) is 0 Å². The molecule has 0 bridgehead atoms. The number of hydrogen-bond donors (Lipinski definition) is 2. The summed E-state index contributed by atoms with van der Waals surface area (Å²) in [4.78, 5) is 29.0. The highest BCUT2D eigenvalue weighted by Crippen LogP contribution is 2.69. The second-order valence-corrected chi connectivity index (χ2v) is 16.1. The van der Waals surface area contributed by atoms with Gasteiger partial charge in [-0.2, -0.15) is 0 Å². The maximum Gasteiger partial charge on any atom is 0.331 e. The van der Waals surface area contributed by atoms with Crippen molar-refractivity contribution < 1.29 is 19.4 Å². The lowest BCUT2D eigenvalue weighted by Crippen LogP contribution is -2.60. The van der Waals surface area contributed by atoms with Crippen molar-refractivity contribution in [2.75, 3.05) is 0 Å². The molecule has 1 aromatic carbocycles. The van der Waals surface area contributed by atoms with E-state index in [-0.39, 0.29) is 39.3 Å². The molecule has 1 aromatic heterocycles. The molecule has 6 atom stereocenters. The molecule has 0 saturated heterocycles. The van der Waals surface area contributed by atoms with Gasteiger partial charge in [0, 0.05) is 45.3 Å². The topological polar surface area (TPSA) is 79.4 Å². The summed E-state index contributed by atoms with van der Waals surface area (Å²) in [5, 5.41) is 10.7. The van der Waals surface area contributed by atoms with Crippen LogP contribution in [-0.4, -0.2) is 33.0 Å². The number of Topliss-reactive ketones (excluding diaryl/α,β-unsaturated/α-hetero) is 1. The Morgan fingerprint density at radius 1 is 1.07 bits per heavy atom. The number of allylic oxidation sites excluding steroid dienone is 3. The number of H-pyrrole nitrogens is 1. The standard InChI is InChI=1S/C38H47NO4/c1-21(33(41)42)10-9-14-36(6)30-12-11-23-18-26-25-19-24-22(16-28-27(24)20-34(2,3)43-35(28,4)5)17-29(25)39-32(26)38(23,8)37(30,7)15-13-31(36)40/h9-10,14,17,19-20,23,28,30,39H,11-13,15-16,18H2,1-8H3,(H,41,42)/b14-9+,21-10+/t23-,28-,30-,36-,37-,38+/m0/s1. The van der Waals surface area contributed by atoms with Gasteiger partial charge in [-0.3, -0.25) is 4.79 Å². The van der Waals surface area contributed by atoms with Gasteiger partial charge >= 0.3 is 5.97 Å². The summed E-state index contributed by atoms with van der Waals surface area (Å²) in [7, 11) is 0. The van der Waals surface area contributed by atoms with Crippen molar-refractivity contribution in [3.63, 3.8) is 0 Å². The molecule has 2 heterocycles. The van der Waals surface area contributed by atoms with Crippen molar-refractivity contribution in [3.05, 3.63) is 64.4 Å². The van der Waals surface area contributed by atoms with Crippen molar-refractivity contribution in [1.82, 2.24) is 4.98 Å². The lowest BCUT2D eigenvalue weighted by molar-refractivity contribution is -0.149. The van der Waals surface area contributed by atoms with E-state index in [0.717, 1.165) is 32.1 Å². The lowest BCUT2D eigenvalue weighted by Gasteiger charge is -2.62. The Balaban J connectivity index is 1.32. The van der Waals surface area contributed by atoms with E-state index in [1.54, 1.807) is 13.0 Å². The third-order valence-corrected chi connectivity index (χ3v) is 13.0. The molecule has 5 heteroatoms. The van der Waals surface area contributed by atoms with Crippen LogP contribution in [0.5, 0.6) is 0 Å². The van der Waals surface area contributed by atoms with Crippen LogP contribution in [0, 0.1) is 28.6 Å². The Morgan fingerprint density at radius 2 is 1.81 bits per heavy atom. The molecule has 2 aromatic rings. The molecule has 0 amide bonds. The number of carboxylic acids is 1. The molecular formula is C38H47NO4. The maximum atomic E-state index is 13.6. The average Bonchev–Trinajstić information content (AvgIpc) is 3.54. The number of ketones is 1. The van der Waals surface area contributed by atoms with E-state index >= 15 is 0 Å². The highest BCUT2D eigenvalue weighted by molar-refractivity contribution is 5.93. The zero-order chi connectivity index (χ0) is 30.9. The molecule has 228 valence electrons. The van der Waals surface area contributed by atoms with E-state index in [2.05, 4.69) is 71.7 Å². The Bertz CT molecular complexity index is 1680.